The number of methoxy groups -OCH3 is 2. The first-order valence-corrected chi connectivity index (χ1v) is 7.40. The van der Waals surface area contributed by atoms with Gasteiger partial charge >= 0.3 is 0 Å². The molecule has 0 aliphatic heterocycles. The fourth-order valence-corrected chi connectivity index (χ4v) is 2.58. The normalized spacial score (nSPS) is 16.2. The van der Waals surface area contributed by atoms with Crippen molar-refractivity contribution in [3.05, 3.63) is 29.6 Å². The zero-order valence-electron chi connectivity index (χ0n) is 12.7. The average Bonchev–Trinajstić information content (AvgIpc) is 3.31. The van der Waals surface area contributed by atoms with E-state index in [4.69, 9.17) is 9.47 Å². The number of benzene rings is 1. The van der Waals surface area contributed by atoms with Crippen LogP contribution in [0.1, 0.15) is 30.9 Å². The Morgan fingerprint density at radius 2 is 2.10 bits per heavy atom. The number of aliphatic hydroxyl groups excluding tert-OH is 1. The van der Waals surface area contributed by atoms with Crippen LogP contribution in [0.5, 0.6) is 5.75 Å². The molecule has 4 nitrogen and oxygen atoms in total. The maximum atomic E-state index is 13.9. The second kappa shape index (κ2) is 7.73. The molecule has 1 N–H and O–H groups in total. The van der Waals surface area contributed by atoms with Gasteiger partial charge in [-0.05, 0) is 31.4 Å². The first kappa shape index (κ1) is 16.2. The van der Waals surface area contributed by atoms with Crippen LogP contribution in [-0.4, -0.2) is 50.0 Å². The predicted octanol–water partition coefficient (Wildman–Crippen LogP) is 2.37. The summed E-state index contributed by atoms with van der Waals surface area (Å²) in [4.78, 5) is 2.31. The van der Waals surface area contributed by atoms with E-state index in [0.29, 0.717) is 24.8 Å². The Morgan fingerprint density at radius 1 is 1.33 bits per heavy atom. The van der Waals surface area contributed by atoms with Crippen LogP contribution in [0.2, 0.25) is 0 Å². The van der Waals surface area contributed by atoms with Gasteiger partial charge < -0.3 is 14.6 Å². The summed E-state index contributed by atoms with van der Waals surface area (Å²) in [6.45, 7) is 2.25. The van der Waals surface area contributed by atoms with Gasteiger partial charge in [0.1, 0.15) is 11.6 Å². The largest absolute Gasteiger partial charge is 0.496 e. The zero-order valence-corrected chi connectivity index (χ0v) is 12.7. The quantitative estimate of drug-likeness (QED) is 0.760. The first-order chi connectivity index (χ1) is 10.2. The fourth-order valence-electron chi connectivity index (χ4n) is 2.58. The van der Waals surface area contributed by atoms with Crippen LogP contribution >= 0.6 is 0 Å². The second-order valence-electron chi connectivity index (χ2n) is 5.42. The summed E-state index contributed by atoms with van der Waals surface area (Å²) in [5.41, 5.74) is 0.252. The summed E-state index contributed by atoms with van der Waals surface area (Å²) in [6.07, 6.45) is 2.02. The summed E-state index contributed by atoms with van der Waals surface area (Å²) >= 11 is 0. The van der Waals surface area contributed by atoms with Crippen LogP contribution in [0.25, 0.3) is 0 Å². The third kappa shape index (κ3) is 4.40. The predicted molar refractivity (Wildman–Crippen MR) is 79.0 cm³/mol. The minimum absolute atomic E-state index is 0.252. The van der Waals surface area contributed by atoms with E-state index in [1.54, 1.807) is 19.2 Å². The molecule has 0 aromatic heterocycles. The first-order valence-electron chi connectivity index (χ1n) is 7.40. The Labute approximate surface area is 125 Å². The molecule has 118 valence electrons. The molecular formula is C16H24FNO3. The highest BCUT2D eigenvalue weighted by Crippen LogP contribution is 2.32. The molecule has 1 unspecified atom stereocenters. The second-order valence-corrected chi connectivity index (χ2v) is 5.42. The molecule has 1 aromatic rings. The van der Waals surface area contributed by atoms with Gasteiger partial charge in [0, 0.05) is 26.2 Å². The van der Waals surface area contributed by atoms with E-state index in [2.05, 4.69) is 4.90 Å². The van der Waals surface area contributed by atoms with E-state index < -0.39 is 11.9 Å². The van der Waals surface area contributed by atoms with E-state index in [0.717, 1.165) is 13.1 Å². The van der Waals surface area contributed by atoms with E-state index >= 15 is 0 Å². The van der Waals surface area contributed by atoms with E-state index in [-0.39, 0.29) is 5.56 Å². The molecule has 1 aliphatic rings. The lowest BCUT2D eigenvalue weighted by Gasteiger charge is -2.23. The molecule has 2 rings (SSSR count). The van der Waals surface area contributed by atoms with Crippen molar-refractivity contribution >= 4 is 0 Å². The van der Waals surface area contributed by atoms with Gasteiger partial charge in [0.25, 0.3) is 0 Å². The molecule has 0 bridgehead atoms. The van der Waals surface area contributed by atoms with Crippen molar-refractivity contribution in [1.82, 2.24) is 4.90 Å². The van der Waals surface area contributed by atoms with Crippen molar-refractivity contribution < 1.29 is 19.0 Å². The van der Waals surface area contributed by atoms with Gasteiger partial charge in [-0.25, -0.2) is 4.39 Å². The molecule has 1 aromatic carbocycles. The molecule has 1 atom stereocenters. The van der Waals surface area contributed by atoms with Crippen molar-refractivity contribution in [1.29, 1.82) is 0 Å². The monoisotopic (exact) mass is 297 g/mol. The Kier molecular flexibility index (Phi) is 5.96. The van der Waals surface area contributed by atoms with Crippen molar-refractivity contribution in [2.45, 2.75) is 31.4 Å². The van der Waals surface area contributed by atoms with Gasteiger partial charge in [-0.1, -0.05) is 6.07 Å². The van der Waals surface area contributed by atoms with Crippen molar-refractivity contribution in [3.8, 4) is 5.75 Å². The lowest BCUT2D eigenvalue weighted by Crippen LogP contribution is -2.31. The molecule has 21 heavy (non-hydrogen) atoms. The number of aliphatic hydroxyl groups is 1. The Balaban J connectivity index is 1.95. The maximum absolute atomic E-state index is 13.9. The number of hydrogen-bond donors (Lipinski definition) is 1. The number of nitrogens with zero attached hydrogens (tertiary/aromatic N) is 1. The van der Waals surface area contributed by atoms with Crippen LogP contribution in [0.3, 0.4) is 0 Å². The molecule has 0 amide bonds. The highest BCUT2D eigenvalue weighted by Gasteiger charge is 2.29. The fraction of sp³-hybridized carbons (Fsp3) is 0.625. The lowest BCUT2D eigenvalue weighted by molar-refractivity contribution is 0.110. The zero-order chi connectivity index (χ0) is 15.2. The Bertz CT molecular complexity index is 451. The average molecular weight is 297 g/mol. The Hall–Kier alpha value is -1.17. The van der Waals surface area contributed by atoms with E-state index in [1.165, 1.54) is 26.0 Å². The van der Waals surface area contributed by atoms with Crippen LogP contribution in [0.4, 0.5) is 4.39 Å². The van der Waals surface area contributed by atoms with E-state index in [1.807, 2.05) is 0 Å². The van der Waals surface area contributed by atoms with Crippen molar-refractivity contribution in [2.75, 3.05) is 33.9 Å². The van der Waals surface area contributed by atoms with Crippen LogP contribution in [0.15, 0.2) is 18.2 Å². The molecule has 0 heterocycles. The number of ether oxygens (including phenoxy) is 2. The van der Waals surface area contributed by atoms with E-state index in [9.17, 15) is 9.50 Å². The SMILES string of the molecule is COCCN(CCC(O)c1c(F)cccc1OC)C1CC1. The minimum atomic E-state index is -0.857. The van der Waals surface area contributed by atoms with Gasteiger partial charge in [0.2, 0.25) is 0 Å². The molecule has 0 spiro atoms. The van der Waals surface area contributed by atoms with Crippen LogP contribution in [-0.2, 0) is 4.74 Å². The Morgan fingerprint density at radius 3 is 2.71 bits per heavy atom. The topological polar surface area (TPSA) is 41.9 Å². The molecule has 1 fully saturated rings. The summed E-state index contributed by atoms with van der Waals surface area (Å²) in [5.74, 6) is -0.0194. The summed E-state index contributed by atoms with van der Waals surface area (Å²) in [5, 5.41) is 10.3. The molecule has 1 saturated carbocycles. The van der Waals surface area contributed by atoms with Gasteiger partial charge in [-0.15, -0.1) is 0 Å². The summed E-state index contributed by atoms with van der Waals surface area (Å²) in [6, 6.07) is 5.20. The summed E-state index contributed by atoms with van der Waals surface area (Å²) < 4.78 is 24.2. The van der Waals surface area contributed by atoms with Gasteiger partial charge in [-0.2, -0.15) is 0 Å². The van der Waals surface area contributed by atoms with Gasteiger partial charge in [-0.3, -0.25) is 4.90 Å². The molecule has 0 saturated heterocycles. The van der Waals surface area contributed by atoms with Gasteiger partial charge in [0.05, 0.1) is 25.4 Å². The smallest absolute Gasteiger partial charge is 0.132 e. The highest BCUT2D eigenvalue weighted by atomic mass is 19.1. The maximum Gasteiger partial charge on any atom is 0.132 e. The summed E-state index contributed by atoms with van der Waals surface area (Å²) in [7, 11) is 3.17. The minimum Gasteiger partial charge on any atom is -0.496 e. The van der Waals surface area contributed by atoms with Crippen LogP contribution < -0.4 is 4.74 Å². The molecule has 0 radical (unpaired) electrons. The molecule has 5 heteroatoms. The van der Waals surface area contributed by atoms with Crippen molar-refractivity contribution in [3.63, 3.8) is 0 Å². The number of hydrogen-bond acceptors (Lipinski definition) is 4. The highest BCUT2D eigenvalue weighted by molar-refractivity contribution is 5.36. The lowest BCUT2D eigenvalue weighted by atomic mass is 10.0. The third-order valence-corrected chi connectivity index (χ3v) is 3.90. The van der Waals surface area contributed by atoms with Crippen molar-refractivity contribution in [2.24, 2.45) is 0 Å². The molecular weight excluding hydrogens is 273 g/mol. The molecule has 1 aliphatic carbocycles. The number of rotatable bonds is 9. The number of halogens is 1. The van der Waals surface area contributed by atoms with Gasteiger partial charge in [0.15, 0.2) is 0 Å². The standard InChI is InChI=1S/C16H24FNO3/c1-20-11-10-18(12-6-7-12)9-8-14(19)16-13(17)4-3-5-15(16)21-2/h3-5,12,14,19H,6-11H2,1-2H3. The van der Waals surface area contributed by atoms with Crippen LogP contribution in [0, 0.1) is 5.82 Å². The third-order valence-electron chi connectivity index (χ3n) is 3.90.